The molecule has 2 amide bonds. The average Bonchev–Trinajstić information content (AvgIpc) is 2.76. The number of amides is 2. The Morgan fingerprint density at radius 1 is 1.24 bits per heavy atom. The van der Waals surface area contributed by atoms with E-state index in [0.717, 1.165) is 36.9 Å². The first kappa shape index (κ1) is 17.3. The number of carbonyl (C=O) groups excluding carboxylic acids is 1. The Hall–Kier alpha value is -2.56. The molecule has 1 atom stereocenters. The van der Waals surface area contributed by atoms with Crippen molar-refractivity contribution < 1.29 is 4.79 Å². The lowest BCUT2D eigenvalue weighted by molar-refractivity contribution is 0.236. The number of benzene rings is 1. The number of hydrogen-bond donors (Lipinski definition) is 3. The molecule has 0 bridgehead atoms. The van der Waals surface area contributed by atoms with Crippen molar-refractivity contribution in [2.45, 2.75) is 52.1 Å². The van der Waals surface area contributed by atoms with Gasteiger partial charge in [-0.1, -0.05) is 30.7 Å². The molecular weight excluding hydrogens is 314 g/mol. The normalized spacial score (nSPS) is 16.6. The molecule has 1 aliphatic rings. The van der Waals surface area contributed by atoms with E-state index in [1.807, 2.05) is 32.0 Å². The number of aromatic nitrogens is 1. The molecule has 132 valence electrons. The zero-order valence-corrected chi connectivity index (χ0v) is 14.8. The Balaban J connectivity index is 1.66. The standard InChI is InChI=1S/C20H25N3O2/c1-13-11-14(2)22-19(24)17(13)12-21-20(25)23-18-10-6-4-8-15-7-3-5-9-16(15)18/h3,5,7,9,11,18H,4,6,8,10,12H2,1-2H3,(H,22,24)(H2,21,23,25). The van der Waals surface area contributed by atoms with Crippen molar-refractivity contribution in [3.63, 3.8) is 0 Å². The van der Waals surface area contributed by atoms with Crippen molar-refractivity contribution in [3.8, 4) is 0 Å². The van der Waals surface area contributed by atoms with Crippen molar-refractivity contribution in [1.29, 1.82) is 0 Å². The molecule has 1 unspecified atom stereocenters. The second-order valence-electron chi connectivity index (χ2n) is 6.77. The highest BCUT2D eigenvalue weighted by Crippen LogP contribution is 2.28. The van der Waals surface area contributed by atoms with Crippen LogP contribution in [0.25, 0.3) is 0 Å². The number of nitrogens with one attached hydrogen (secondary N) is 3. The molecule has 1 aliphatic carbocycles. The summed E-state index contributed by atoms with van der Waals surface area (Å²) in [5, 5.41) is 5.90. The first-order valence-electron chi connectivity index (χ1n) is 8.86. The van der Waals surface area contributed by atoms with Crippen LogP contribution in [0.15, 0.2) is 35.1 Å². The van der Waals surface area contributed by atoms with Crippen LogP contribution in [0.5, 0.6) is 0 Å². The summed E-state index contributed by atoms with van der Waals surface area (Å²) >= 11 is 0. The van der Waals surface area contributed by atoms with Crippen molar-refractivity contribution in [1.82, 2.24) is 15.6 Å². The second kappa shape index (κ2) is 7.55. The van der Waals surface area contributed by atoms with E-state index in [4.69, 9.17) is 0 Å². The number of fused-ring (bicyclic) bond motifs is 1. The van der Waals surface area contributed by atoms with E-state index in [2.05, 4.69) is 27.8 Å². The van der Waals surface area contributed by atoms with Crippen LogP contribution in [-0.2, 0) is 13.0 Å². The maximum Gasteiger partial charge on any atom is 0.315 e. The smallest absolute Gasteiger partial charge is 0.315 e. The number of hydrogen-bond acceptors (Lipinski definition) is 2. The van der Waals surface area contributed by atoms with E-state index in [1.54, 1.807) is 0 Å². The third-order valence-corrected chi connectivity index (χ3v) is 4.84. The lowest BCUT2D eigenvalue weighted by Crippen LogP contribution is -2.38. The van der Waals surface area contributed by atoms with E-state index >= 15 is 0 Å². The van der Waals surface area contributed by atoms with Gasteiger partial charge in [0.25, 0.3) is 5.56 Å². The third-order valence-electron chi connectivity index (χ3n) is 4.84. The first-order valence-corrected chi connectivity index (χ1v) is 8.86. The van der Waals surface area contributed by atoms with Gasteiger partial charge in [0.05, 0.1) is 12.6 Å². The Kier molecular flexibility index (Phi) is 5.22. The lowest BCUT2D eigenvalue weighted by atomic mass is 9.99. The van der Waals surface area contributed by atoms with E-state index in [9.17, 15) is 9.59 Å². The molecule has 5 nitrogen and oxygen atoms in total. The lowest BCUT2D eigenvalue weighted by Gasteiger charge is -2.20. The summed E-state index contributed by atoms with van der Waals surface area (Å²) in [6.07, 6.45) is 4.24. The summed E-state index contributed by atoms with van der Waals surface area (Å²) in [4.78, 5) is 27.2. The third kappa shape index (κ3) is 4.10. The minimum absolute atomic E-state index is 0.0242. The molecule has 0 saturated heterocycles. The van der Waals surface area contributed by atoms with E-state index < -0.39 is 0 Å². The number of rotatable bonds is 3. The monoisotopic (exact) mass is 339 g/mol. The van der Waals surface area contributed by atoms with Crippen LogP contribution < -0.4 is 16.2 Å². The molecule has 3 N–H and O–H groups in total. The number of aromatic amines is 1. The zero-order chi connectivity index (χ0) is 17.8. The average molecular weight is 339 g/mol. The highest BCUT2D eigenvalue weighted by molar-refractivity contribution is 5.74. The zero-order valence-electron chi connectivity index (χ0n) is 14.8. The fraction of sp³-hybridized carbons (Fsp3) is 0.400. The molecule has 0 radical (unpaired) electrons. The predicted octanol–water partition coefficient (Wildman–Crippen LogP) is 3.26. The van der Waals surface area contributed by atoms with Crippen LogP contribution in [-0.4, -0.2) is 11.0 Å². The first-order chi connectivity index (χ1) is 12.0. The highest BCUT2D eigenvalue weighted by Gasteiger charge is 2.20. The summed E-state index contributed by atoms with van der Waals surface area (Å²) in [7, 11) is 0. The van der Waals surface area contributed by atoms with E-state index in [0.29, 0.717) is 5.56 Å². The maximum atomic E-state index is 12.4. The highest BCUT2D eigenvalue weighted by atomic mass is 16.2. The molecule has 1 aromatic heterocycles. The van der Waals surface area contributed by atoms with Crippen LogP contribution in [0, 0.1) is 13.8 Å². The van der Waals surface area contributed by atoms with Gasteiger partial charge in [0.15, 0.2) is 0 Å². The molecule has 2 aromatic rings. The Morgan fingerprint density at radius 3 is 2.84 bits per heavy atom. The van der Waals surface area contributed by atoms with Crippen molar-refractivity contribution in [2.75, 3.05) is 0 Å². The predicted molar refractivity (Wildman–Crippen MR) is 98.6 cm³/mol. The summed E-state index contributed by atoms with van der Waals surface area (Å²) in [6.45, 7) is 3.96. The van der Waals surface area contributed by atoms with Gasteiger partial charge in [-0.2, -0.15) is 0 Å². The fourth-order valence-corrected chi connectivity index (χ4v) is 3.55. The van der Waals surface area contributed by atoms with Crippen molar-refractivity contribution in [3.05, 3.63) is 68.6 Å². The molecule has 1 aromatic carbocycles. The molecular formula is C20H25N3O2. The van der Waals surface area contributed by atoms with Gasteiger partial charge in [0.1, 0.15) is 0 Å². The molecule has 0 aliphatic heterocycles. The van der Waals surface area contributed by atoms with Gasteiger partial charge in [-0.05, 0) is 55.9 Å². The molecule has 0 fully saturated rings. The Morgan fingerprint density at radius 2 is 2.04 bits per heavy atom. The number of carbonyl (C=O) groups is 1. The summed E-state index contributed by atoms with van der Waals surface area (Å²) in [5.41, 5.74) is 4.70. The Bertz CT molecular complexity index is 826. The van der Waals surface area contributed by atoms with Gasteiger partial charge in [-0.15, -0.1) is 0 Å². The molecule has 5 heteroatoms. The number of H-pyrrole nitrogens is 1. The minimum atomic E-state index is -0.235. The topological polar surface area (TPSA) is 74.0 Å². The van der Waals surface area contributed by atoms with Gasteiger partial charge < -0.3 is 15.6 Å². The number of pyridine rings is 1. The fourth-order valence-electron chi connectivity index (χ4n) is 3.55. The summed E-state index contributed by atoms with van der Waals surface area (Å²) < 4.78 is 0. The second-order valence-corrected chi connectivity index (χ2v) is 6.77. The minimum Gasteiger partial charge on any atom is -0.334 e. The van der Waals surface area contributed by atoms with E-state index in [1.165, 1.54) is 11.1 Å². The number of urea groups is 1. The van der Waals surface area contributed by atoms with Crippen LogP contribution in [0.2, 0.25) is 0 Å². The van der Waals surface area contributed by atoms with Crippen molar-refractivity contribution >= 4 is 6.03 Å². The molecule has 3 rings (SSSR count). The molecule has 0 saturated carbocycles. The molecule has 25 heavy (non-hydrogen) atoms. The van der Waals surface area contributed by atoms with Gasteiger partial charge in [-0.25, -0.2) is 4.79 Å². The largest absolute Gasteiger partial charge is 0.334 e. The van der Waals surface area contributed by atoms with Gasteiger partial charge in [-0.3, -0.25) is 4.79 Å². The molecule has 0 spiro atoms. The van der Waals surface area contributed by atoms with Crippen LogP contribution in [0.3, 0.4) is 0 Å². The SMILES string of the molecule is Cc1cc(C)c(CNC(=O)NC2CCCCc3ccccc32)c(=O)[nH]1. The van der Waals surface area contributed by atoms with Gasteiger partial charge in [0.2, 0.25) is 0 Å². The van der Waals surface area contributed by atoms with Crippen LogP contribution in [0.1, 0.15) is 53.3 Å². The summed E-state index contributed by atoms with van der Waals surface area (Å²) in [5.74, 6) is 0. The van der Waals surface area contributed by atoms with Gasteiger partial charge in [0, 0.05) is 11.3 Å². The summed E-state index contributed by atoms with van der Waals surface area (Å²) in [6, 6.07) is 10.0. The van der Waals surface area contributed by atoms with Crippen LogP contribution in [0.4, 0.5) is 4.79 Å². The number of aryl methyl sites for hydroxylation is 3. The Labute approximate surface area is 147 Å². The quantitative estimate of drug-likeness (QED) is 0.751. The molecule has 1 heterocycles. The van der Waals surface area contributed by atoms with Crippen LogP contribution >= 0.6 is 0 Å². The van der Waals surface area contributed by atoms with Crippen molar-refractivity contribution in [2.24, 2.45) is 0 Å². The van der Waals surface area contributed by atoms with Gasteiger partial charge >= 0.3 is 6.03 Å². The maximum absolute atomic E-state index is 12.4. The van der Waals surface area contributed by atoms with E-state index in [-0.39, 0.29) is 24.2 Å².